The summed E-state index contributed by atoms with van der Waals surface area (Å²) in [6.07, 6.45) is 2.44. The molecule has 26 heavy (non-hydrogen) atoms. The largest absolute Gasteiger partial charge is 0.497 e. The molecule has 0 spiro atoms. The smallest absolute Gasteiger partial charge is 0.267 e. The van der Waals surface area contributed by atoms with E-state index in [1.807, 2.05) is 24.3 Å². The molecular weight excluding hydrogens is 326 g/mol. The molecule has 130 valence electrons. The van der Waals surface area contributed by atoms with Gasteiger partial charge in [0.05, 0.1) is 7.11 Å². The third-order valence-corrected chi connectivity index (χ3v) is 4.39. The number of nitrogens with two attached hydrogens (primary N) is 1. The van der Waals surface area contributed by atoms with E-state index in [1.165, 1.54) is 5.56 Å². The average molecular weight is 345 g/mol. The van der Waals surface area contributed by atoms with Crippen molar-refractivity contribution in [2.45, 2.75) is 19.3 Å². The van der Waals surface area contributed by atoms with Gasteiger partial charge >= 0.3 is 0 Å². The zero-order chi connectivity index (χ0) is 18.5. The first-order valence-corrected chi connectivity index (χ1v) is 8.38. The maximum atomic E-state index is 11.8. The average Bonchev–Trinajstić information content (AvgIpc) is 2.68. The molecule has 0 atom stereocenters. The molecule has 2 aromatic carbocycles. The van der Waals surface area contributed by atoms with Crippen molar-refractivity contribution in [1.29, 1.82) is 5.26 Å². The van der Waals surface area contributed by atoms with Gasteiger partial charge in [-0.3, -0.25) is 4.79 Å². The molecule has 0 saturated heterocycles. The Hall–Kier alpha value is -3.39. The van der Waals surface area contributed by atoms with E-state index in [2.05, 4.69) is 23.2 Å². The second-order valence-electron chi connectivity index (χ2n) is 6.01. The first kappa shape index (κ1) is 17.4. The molecule has 0 unspecified atom stereocenters. The normalized spacial score (nSPS) is 10.5. The van der Waals surface area contributed by atoms with Crippen molar-refractivity contribution in [1.82, 2.24) is 4.98 Å². The maximum Gasteiger partial charge on any atom is 0.267 e. The lowest BCUT2D eigenvalue weighted by atomic mass is 9.96. The van der Waals surface area contributed by atoms with Crippen LogP contribution in [0.1, 0.15) is 33.7 Å². The molecule has 0 fully saturated rings. The summed E-state index contributed by atoms with van der Waals surface area (Å²) in [4.78, 5) is 16.0. The predicted molar refractivity (Wildman–Crippen MR) is 100.0 cm³/mol. The number of hydrogen-bond acceptors (Lipinski definition) is 4. The van der Waals surface area contributed by atoms with Crippen LogP contribution < -0.4 is 10.5 Å². The maximum absolute atomic E-state index is 11.8. The number of rotatable bonds is 6. The van der Waals surface area contributed by atoms with E-state index in [0.717, 1.165) is 23.8 Å². The van der Waals surface area contributed by atoms with E-state index in [0.29, 0.717) is 17.6 Å². The SMILES string of the molecule is COc1ccc2c(C(N)=O)nc(C#N)c(CCCc3ccccc3)c2c1. The molecule has 1 aromatic heterocycles. The number of carbonyl (C=O) groups is 1. The molecule has 1 amide bonds. The zero-order valence-corrected chi connectivity index (χ0v) is 14.5. The van der Waals surface area contributed by atoms with Gasteiger partial charge in [0, 0.05) is 5.39 Å². The van der Waals surface area contributed by atoms with Crippen LogP contribution in [0.2, 0.25) is 0 Å². The highest BCUT2D eigenvalue weighted by Gasteiger charge is 2.17. The number of nitrogens with zero attached hydrogens (tertiary/aromatic N) is 2. The number of ether oxygens (including phenoxy) is 1. The van der Waals surface area contributed by atoms with E-state index in [-0.39, 0.29) is 11.4 Å². The van der Waals surface area contributed by atoms with Crippen molar-refractivity contribution >= 4 is 16.7 Å². The number of hydrogen-bond donors (Lipinski definition) is 1. The number of carbonyl (C=O) groups excluding carboxylic acids is 1. The van der Waals surface area contributed by atoms with Crippen LogP contribution in [0.3, 0.4) is 0 Å². The highest BCUT2D eigenvalue weighted by atomic mass is 16.5. The Labute approximate surface area is 152 Å². The minimum atomic E-state index is -0.646. The Morgan fingerprint density at radius 2 is 1.92 bits per heavy atom. The van der Waals surface area contributed by atoms with Crippen LogP contribution in [-0.4, -0.2) is 18.0 Å². The Balaban J connectivity index is 2.03. The molecule has 0 bridgehead atoms. The van der Waals surface area contributed by atoms with Crippen LogP contribution in [0.4, 0.5) is 0 Å². The molecule has 5 nitrogen and oxygen atoms in total. The summed E-state index contributed by atoms with van der Waals surface area (Å²) < 4.78 is 5.31. The Kier molecular flexibility index (Phi) is 5.14. The monoisotopic (exact) mass is 345 g/mol. The molecule has 0 aliphatic rings. The molecule has 2 N–H and O–H groups in total. The molecule has 3 aromatic rings. The fraction of sp³-hybridized carbons (Fsp3) is 0.190. The quantitative estimate of drug-likeness (QED) is 0.741. The summed E-state index contributed by atoms with van der Waals surface area (Å²) in [6.45, 7) is 0. The molecule has 3 rings (SSSR count). The van der Waals surface area contributed by atoms with Gasteiger partial charge in [0.1, 0.15) is 23.2 Å². The number of fused-ring (bicyclic) bond motifs is 1. The third kappa shape index (κ3) is 3.50. The molecule has 5 heteroatoms. The summed E-state index contributed by atoms with van der Waals surface area (Å²) >= 11 is 0. The standard InChI is InChI=1S/C21H19N3O2/c1-26-15-10-11-17-18(12-15)16(19(13-22)24-20(17)21(23)25)9-5-8-14-6-3-2-4-7-14/h2-4,6-7,10-12H,5,8-9H2,1H3,(H2,23,25). The van der Waals surface area contributed by atoms with Gasteiger partial charge in [-0.25, -0.2) is 4.98 Å². The van der Waals surface area contributed by atoms with Crippen molar-refractivity contribution in [2.75, 3.05) is 7.11 Å². The molecular formula is C21H19N3O2. The fourth-order valence-electron chi connectivity index (χ4n) is 3.12. The predicted octanol–water partition coefficient (Wildman–Crippen LogP) is 3.39. The minimum absolute atomic E-state index is 0.117. The lowest BCUT2D eigenvalue weighted by molar-refractivity contribution is 0.0997. The van der Waals surface area contributed by atoms with E-state index >= 15 is 0 Å². The van der Waals surface area contributed by atoms with Gasteiger partial charge in [0.15, 0.2) is 0 Å². The van der Waals surface area contributed by atoms with Gasteiger partial charge in [-0.05, 0) is 54.0 Å². The van der Waals surface area contributed by atoms with Gasteiger partial charge < -0.3 is 10.5 Å². The molecule has 0 aliphatic carbocycles. The highest BCUT2D eigenvalue weighted by molar-refractivity contribution is 6.06. The summed E-state index contributed by atoms with van der Waals surface area (Å²) in [5.74, 6) is 0.0137. The molecule has 0 saturated carbocycles. The minimum Gasteiger partial charge on any atom is -0.497 e. The number of amides is 1. The van der Waals surface area contributed by atoms with Gasteiger partial charge in [-0.2, -0.15) is 5.26 Å². The molecule has 0 aliphatic heterocycles. The van der Waals surface area contributed by atoms with E-state index in [4.69, 9.17) is 10.5 Å². The van der Waals surface area contributed by atoms with Crippen LogP contribution in [0, 0.1) is 11.3 Å². The van der Waals surface area contributed by atoms with E-state index < -0.39 is 5.91 Å². The molecule has 1 heterocycles. The highest BCUT2D eigenvalue weighted by Crippen LogP contribution is 2.29. The Morgan fingerprint density at radius 1 is 1.15 bits per heavy atom. The van der Waals surface area contributed by atoms with Crippen molar-refractivity contribution < 1.29 is 9.53 Å². The van der Waals surface area contributed by atoms with Crippen molar-refractivity contribution in [3.8, 4) is 11.8 Å². The zero-order valence-electron chi connectivity index (χ0n) is 14.5. The van der Waals surface area contributed by atoms with Crippen molar-refractivity contribution in [2.24, 2.45) is 5.73 Å². The molecule has 0 radical (unpaired) electrons. The van der Waals surface area contributed by atoms with E-state index in [9.17, 15) is 10.1 Å². The number of aryl methyl sites for hydroxylation is 2. The number of pyridine rings is 1. The Morgan fingerprint density at radius 3 is 2.58 bits per heavy atom. The second-order valence-corrected chi connectivity index (χ2v) is 6.01. The summed E-state index contributed by atoms with van der Waals surface area (Å²) in [7, 11) is 1.58. The number of benzene rings is 2. The first-order valence-electron chi connectivity index (χ1n) is 8.38. The van der Waals surface area contributed by atoms with Crippen LogP contribution in [0.25, 0.3) is 10.8 Å². The number of aromatic nitrogens is 1. The first-order chi connectivity index (χ1) is 12.6. The second kappa shape index (κ2) is 7.66. The van der Waals surface area contributed by atoms with Gasteiger partial charge in [-0.1, -0.05) is 30.3 Å². The summed E-state index contributed by atoms with van der Waals surface area (Å²) in [5, 5.41) is 11.0. The number of primary amides is 1. The number of nitriles is 1. The van der Waals surface area contributed by atoms with Gasteiger partial charge in [0.2, 0.25) is 0 Å². The van der Waals surface area contributed by atoms with Crippen LogP contribution >= 0.6 is 0 Å². The summed E-state index contributed by atoms with van der Waals surface area (Å²) in [6, 6.07) is 17.7. The fourth-order valence-corrected chi connectivity index (χ4v) is 3.12. The van der Waals surface area contributed by atoms with Crippen LogP contribution in [0.5, 0.6) is 5.75 Å². The van der Waals surface area contributed by atoms with Crippen molar-refractivity contribution in [3.05, 3.63) is 71.0 Å². The lowest BCUT2D eigenvalue weighted by Crippen LogP contribution is -2.15. The van der Waals surface area contributed by atoms with Crippen LogP contribution in [0.15, 0.2) is 48.5 Å². The lowest BCUT2D eigenvalue weighted by Gasteiger charge is -2.12. The van der Waals surface area contributed by atoms with Crippen LogP contribution in [-0.2, 0) is 12.8 Å². The van der Waals surface area contributed by atoms with Gasteiger partial charge in [-0.15, -0.1) is 0 Å². The summed E-state index contributed by atoms with van der Waals surface area (Å²) in [5.41, 5.74) is 7.88. The Bertz CT molecular complexity index is 992. The number of methoxy groups -OCH3 is 1. The third-order valence-electron chi connectivity index (χ3n) is 4.39. The topological polar surface area (TPSA) is 89.0 Å². The van der Waals surface area contributed by atoms with Crippen molar-refractivity contribution in [3.63, 3.8) is 0 Å². The van der Waals surface area contributed by atoms with E-state index in [1.54, 1.807) is 19.2 Å². The van der Waals surface area contributed by atoms with Gasteiger partial charge in [0.25, 0.3) is 5.91 Å².